The zero-order chi connectivity index (χ0) is 13.0. The minimum atomic E-state index is -0.196. The van der Waals surface area contributed by atoms with Crippen molar-refractivity contribution >= 4 is 0 Å². The fourth-order valence-corrected chi connectivity index (χ4v) is 3.29. The van der Waals surface area contributed by atoms with Gasteiger partial charge in [-0.3, -0.25) is 0 Å². The maximum Gasteiger partial charge on any atom is 0.0580 e. The molecule has 0 heterocycles. The smallest absolute Gasteiger partial charge is 0.0580 e. The average molecular weight is 247 g/mol. The maximum atomic E-state index is 9.92. The summed E-state index contributed by atoms with van der Waals surface area (Å²) < 4.78 is 0. The summed E-state index contributed by atoms with van der Waals surface area (Å²) in [7, 11) is 1.97. The Bertz CT molecular complexity index is 355. The van der Waals surface area contributed by atoms with Crippen LogP contribution in [0.1, 0.15) is 31.7 Å². The van der Waals surface area contributed by atoms with Gasteiger partial charge in [0.05, 0.1) is 6.10 Å². The molecule has 1 fully saturated rings. The van der Waals surface area contributed by atoms with Crippen LogP contribution in [-0.4, -0.2) is 24.8 Å². The quantitative estimate of drug-likeness (QED) is 0.810. The second-order valence-electron chi connectivity index (χ2n) is 5.87. The second-order valence-corrected chi connectivity index (χ2v) is 5.87. The third kappa shape index (κ3) is 2.93. The van der Waals surface area contributed by atoms with E-state index in [2.05, 4.69) is 35.6 Å². The van der Waals surface area contributed by atoms with Gasteiger partial charge in [-0.1, -0.05) is 30.3 Å². The van der Waals surface area contributed by atoms with Gasteiger partial charge in [0, 0.05) is 12.0 Å². The molecule has 2 N–H and O–H groups in total. The predicted molar refractivity (Wildman–Crippen MR) is 75.5 cm³/mol. The summed E-state index contributed by atoms with van der Waals surface area (Å²) in [4.78, 5) is 0. The molecule has 1 aromatic rings. The molecule has 1 atom stereocenters. The molecule has 0 aliphatic heterocycles. The Kier molecular flexibility index (Phi) is 4.41. The maximum absolute atomic E-state index is 9.92. The number of hydrogen-bond donors (Lipinski definition) is 2. The van der Waals surface area contributed by atoms with E-state index >= 15 is 0 Å². The summed E-state index contributed by atoms with van der Waals surface area (Å²) in [5, 5.41) is 13.1. The number of nitrogens with one attached hydrogen (secondary N) is 1. The highest BCUT2D eigenvalue weighted by atomic mass is 16.3. The van der Waals surface area contributed by atoms with Crippen LogP contribution in [0.2, 0.25) is 0 Å². The molecule has 0 bridgehead atoms. The van der Waals surface area contributed by atoms with Crippen LogP contribution in [0.4, 0.5) is 0 Å². The van der Waals surface area contributed by atoms with Gasteiger partial charge in [0.15, 0.2) is 0 Å². The molecular formula is C16H25NO. The van der Waals surface area contributed by atoms with Gasteiger partial charge < -0.3 is 10.4 Å². The first-order chi connectivity index (χ1) is 8.66. The van der Waals surface area contributed by atoms with Gasteiger partial charge in [-0.25, -0.2) is 0 Å². The normalized spacial score (nSPS) is 28.7. The number of benzene rings is 1. The van der Waals surface area contributed by atoms with Gasteiger partial charge in [0.2, 0.25) is 0 Å². The van der Waals surface area contributed by atoms with Crippen LogP contribution in [0.5, 0.6) is 0 Å². The van der Waals surface area contributed by atoms with Crippen LogP contribution < -0.4 is 5.32 Å². The summed E-state index contributed by atoms with van der Waals surface area (Å²) in [5.74, 6) is 0.785. The van der Waals surface area contributed by atoms with E-state index in [4.69, 9.17) is 0 Å². The molecule has 1 aromatic carbocycles. The van der Waals surface area contributed by atoms with Crippen LogP contribution in [0.15, 0.2) is 30.3 Å². The fourth-order valence-electron chi connectivity index (χ4n) is 3.29. The van der Waals surface area contributed by atoms with Crippen molar-refractivity contribution < 1.29 is 5.11 Å². The third-order valence-corrected chi connectivity index (χ3v) is 4.49. The number of aryl methyl sites for hydroxylation is 1. The zero-order valence-corrected chi connectivity index (χ0v) is 11.5. The lowest BCUT2D eigenvalue weighted by Crippen LogP contribution is -2.51. The van der Waals surface area contributed by atoms with E-state index in [1.54, 1.807) is 0 Å². The first-order valence-electron chi connectivity index (χ1n) is 7.03. The van der Waals surface area contributed by atoms with Gasteiger partial charge in [-0.05, 0) is 51.1 Å². The minimum Gasteiger partial charge on any atom is -0.393 e. The molecule has 0 saturated heterocycles. The fraction of sp³-hybridized carbons (Fsp3) is 0.625. The molecule has 100 valence electrons. The van der Waals surface area contributed by atoms with E-state index < -0.39 is 0 Å². The molecule has 18 heavy (non-hydrogen) atoms. The van der Waals surface area contributed by atoms with Gasteiger partial charge in [-0.15, -0.1) is 0 Å². The Hall–Kier alpha value is -0.860. The molecule has 2 heteroatoms. The summed E-state index contributed by atoms with van der Waals surface area (Å²) >= 11 is 0. The summed E-state index contributed by atoms with van der Waals surface area (Å²) in [6.07, 6.45) is 4.55. The number of rotatable bonds is 6. The van der Waals surface area contributed by atoms with Gasteiger partial charge >= 0.3 is 0 Å². The van der Waals surface area contributed by atoms with Crippen LogP contribution in [0.3, 0.4) is 0 Å². The number of aliphatic hydroxyl groups is 1. The topological polar surface area (TPSA) is 32.3 Å². The predicted octanol–water partition coefficient (Wildman–Crippen LogP) is 2.62. The largest absolute Gasteiger partial charge is 0.393 e. The summed E-state index contributed by atoms with van der Waals surface area (Å²) in [5.41, 5.74) is 1.57. The van der Waals surface area contributed by atoms with Crippen molar-refractivity contribution in [1.29, 1.82) is 0 Å². The van der Waals surface area contributed by atoms with Gasteiger partial charge in [0.25, 0.3) is 0 Å². The average Bonchev–Trinajstić information content (AvgIpc) is 2.32. The van der Waals surface area contributed by atoms with E-state index in [9.17, 15) is 5.11 Å². The van der Waals surface area contributed by atoms with E-state index in [0.717, 1.165) is 12.5 Å². The molecular weight excluding hydrogens is 222 g/mol. The highest BCUT2D eigenvalue weighted by Gasteiger charge is 2.46. The highest BCUT2D eigenvalue weighted by molar-refractivity contribution is 5.15. The molecule has 2 nitrogen and oxygen atoms in total. The van der Waals surface area contributed by atoms with Crippen LogP contribution in [0.25, 0.3) is 0 Å². The van der Waals surface area contributed by atoms with E-state index in [1.807, 2.05) is 14.0 Å². The Balaban J connectivity index is 1.78. The van der Waals surface area contributed by atoms with Crippen molar-refractivity contribution in [2.45, 2.75) is 38.7 Å². The first-order valence-corrected chi connectivity index (χ1v) is 7.03. The molecule has 1 aliphatic carbocycles. The lowest BCUT2D eigenvalue weighted by molar-refractivity contribution is -0.0599. The summed E-state index contributed by atoms with van der Waals surface area (Å²) in [6, 6.07) is 10.7. The Morgan fingerprint density at radius 3 is 2.56 bits per heavy atom. The second kappa shape index (κ2) is 5.85. The van der Waals surface area contributed by atoms with Crippen LogP contribution >= 0.6 is 0 Å². The summed E-state index contributed by atoms with van der Waals surface area (Å²) in [6.45, 7) is 2.87. The molecule has 0 radical (unpaired) electrons. The number of aliphatic hydroxyl groups excluding tert-OH is 1. The van der Waals surface area contributed by atoms with Crippen LogP contribution in [-0.2, 0) is 6.42 Å². The molecule has 1 aliphatic rings. The molecule has 1 saturated carbocycles. The zero-order valence-electron chi connectivity index (χ0n) is 11.5. The van der Waals surface area contributed by atoms with E-state index in [-0.39, 0.29) is 11.5 Å². The van der Waals surface area contributed by atoms with Crippen molar-refractivity contribution in [2.24, 2.45) is 11.3 Å². The van der Waals surface area contributed by atoms with Crippen molar-refractivity contribution in [3.63, 3.8) is 0 Å². The van der Waals surface area contributed by atoms with Crippen molar-refractivity contribution in [3.8, 4) is 0 Å². The van der Waals surface area contributed by atoms with Crippen molar-refractivity contribution in [3.05, 3.63) is 35.9 Å². The molecule has 0 amide bonds. The van der Waals surface area contributed by atoms with Gasteiger partial charge in [0.1, 0.15) is 0 Å². The molecule has 0 spiro atoms. The Morgan fingerprint density at radius 1 is 1.33 bits per heavy atom. The molecule has 0 aromatic heterocycles. The van der Waals surface area contributed by atoms with Gasteiger partial charge in [-0.2, -0.15) is 0 Å². The van der Waals surface area contributed by atoms with Crippen LogP contribution in [0, 0.1) is 11.3 Å². The lowest BCUT2D eigenvalue weighted by atomic mass is 9.58. The third-order valence-electron chi connectivity index (χ3n) is 4.49. The SMILES string of the molecule is CNCC1(C(C)O)CC(CCc2ccccc2)C1. The van der Waals surface area contributed by atoms with Crippen molar-refractivity contribution in [2.75, 3.05) is 13.6 Å². The number of hydrogen-bond acceptors (Lipinski definition) is 2. The standard InChI is InChI=1S/C16H25NO/c1-13(18)16(12-17-2)10-15(11-16)9-8-14-6-4-3-5-7-14/h3-7,13,15,17-18H,8-12H2,1-2H3. The minimum absolute atomic E-state index is 0.135. The van der Waals surface area contributed by atoms with E-state index in [1.165, 1.54) is 31.2 Å². The first kappa shape index (κ1) is 13.6. The van der Waals surface area contributed by atoms with E-state index in [0.29, 0.717) is 0 Å². The lowest BCUT2D eigenvalue weighted by Gasteiger charge is -2.50. The monoisotopic (exact) mass is 247 g/mol. The molecule has 2 rings (SSSR count). The van der Waals surface area contributed by atoms with Crippen molar-refractivity contribution in [1.82, 2.24) is 5.32 Å². The Labute approximate surface area is 110 Å². The highest BCUT2D eigenvalue weighted by Crippen LogP contribution is 2.49. The Morgan fingerprint density at radius 2 is 2.00 bits per heavy atom. The molecule has 1 unspecified atom stereocenters.